The Morgan fingerprint density at radius 2 is 2.15 bits per heavy atom. The van der Waals surface area contributed by atoms with E-state index in [9.17, 15) is 9.59 Å². The minimum absolute atomic E-state index is 0.00158. The molecule has 0 aliphatic carbocycles. The number of likely N-dealkylation sites (tertiary alicyclic amines) is 1. The van der Waals surface area contributed by atoms with Crippen LogP contribution in [0.5, 0.6) is 0 Å². The van der Waals surface area contributed by atoms with Crippen LogP contribution in [0.4, 0.5) is 0 Å². The molecule has 3 heterocycles. The summed E-state index contributed by atoms with van der Waals surface area (Å²) in [6, 6.07) is 11.3. The number of amides is 2. The monoisotopic (exact) mass is 384 g/mol. The largest absolute Gasteiger partial charge is 0.365 e. The molecule has 1 fully saturated rings. The Kier molecular flexibility index (Phi) is 4.91. The van der Waals surface area contributed by atoms with Crippen molar-refractivity contribution in [2.45, 2.75) is 25.5 Å². The lowest BCUT2D eigenvalue weighted by atomic mass is 10.2. The fourth-order valence-corrected chi connectivity index (χ4v) is 4.43. The number of nitrogens with zero attached hydrogens (tertiary/aromatic N) is 2. The summed E-state index contributed by atoms with van der Waals surface area (Å²) >= 11 is 1.36. The number of nitrogens with two attached hydrogens (primary N) is 1. The topological polar surface area (TPSA) is 101 Å². The second-order valence-corrected chi connectivity index (χ2v) is 7.62. The molecule has 1 aliphatic heterocycles. The summed E-state index contributed by atoms with van der Waals surface area (Å²) in [7, 11) is 0. The number of aromatic nitrogens is 2. The maximum absolute atomic E-state index is 12.6. The van der Waals surface area contributed by atoms with Crippen LogP contribution < -0.4 is 5.73 Å². The lowest BCUT2D eigenvalue weighted by Gasteiger charge is -2.23. The predicted molar refractivity (Wildman–Crippen MR) is 102 cm³/mol. The van der Waals surface area contributed by atoms with Crippen LogP contribution in [0.2, 0.25) is 0 Å². The molecule has 140 valence electrons. The van der Waals surface area contributed by atoms with Gasteiger partial charge in [-0.05, 0) is 37.1 Å². The number of thiophene rings is 1. The van der Waals surface area contributed by atoms with E-state index in [1.807, 2.05) is 35.2 Å². The maximum atomic E-state index is 12.6. The first-order chi connectivity index (χ1) is 13.1. The lowest BCUT2D eigenvalue weighted by Crippen LogP contribution is -2.33. The quantitative estimate of drug-likeness (QED) is 0.682. The molecule has 1 atom stereocenters. The smallest absolute Gasteiger partial charge is 0.258 e. The summed E-state index contributed by atoms with van der Waals surface area (Å²) in [5.74, 6) is 0.213. The number of primary amides is 1. The SMILES string of the molecule is NC(=O)c1ccc(C2CCCN2C(=O)COCc2nc3ccccc3[nH]2)s1. The van der Waals surface area contributed by atoms with E-state index in [1.54, 1.807) is 6.07 Å². The van der Waals surface area contributed by atoms with Gasteiger partial charge in [-0.25, -0.2) is 4.98 Å². The van der Waals surface area contributed by atoms with Crippen molar-refractivity contribution in [1.82, 2.24) is 14.9 Å². The Labute approximate surface area is 160 Å². The fourth-order valence-electron chi connectivity index (χ4n) is 3.42. The summed E-state index contributed by atoms with van der Waals surface area (Å²) in [5, 5.41) is 0. The third kappa shape index (κ3) is 3.72. The molecular formula is C19H20N4O3S. The average molecular weight is 384 g/mol. The zero-order valence-corrected chi connectivity index (χ0v) is 15.5. The summed E-state index contributed by atoms with van der Waals surface area (Å²) < 4.78 is 5.60. The van der Waals surface area contributed by atoms with E-state index < -0.39 is 5.91 Å². The summed E-state index contributed by atoms with van der Waals surface area (Å²) in [6.07, 6.45) is 1.82. The Bertz CT molecular complexity index is 947. The minimum Gasteiger partial charge on any atom is -0.365 e. The first-order valence-corrected chi connectivity index (χ1v) is 9.64. The number of hydrogen-bond donors (Lipinski definition) is 2. The van der Waals surface area contributed by atoms with Crippen LogP contribution in [-0.4, -0.2) is 39.8 Å². The molecule has 2 aromatic heterocycles. The van der Waals surface area contributed by atoms with Crippen molar-refractivity contribution < 1.29 is 14.3 Å². The molecule has 3 aromatic rings. The first-order valence-electron chi connectivity index (χ1n) is 8.82. The van der Waals surface area contributed by atoms with E-state index in [4.69, 9.17) is 10.5 Å². The molecule has 7 nitrogen and oxygen atoms in total. The van der Waals surface area contributed by atoms with Gasteiger partial charge in [0.2, 0.25) is 5.91 Å². The second kappa shape index (κ2) is 7.50. The van der Waals surface area contributed by atoms with Crippen molar-refractivity contribution in [3.63, 3.8) is 0 Å². The zero-order chi connectivity index (χ0) is 18.8. The van der Waals surface area contributed by atoms with E-state index in [0.717, 1.165) is 28.8 Å². The summed E-state index contributed by atoms with van der Waals surface area (Å²) in [5.41, 5.74) is 7.16. The molecule has 1 aromatic carbocycles. The van der Waals surface area contributed by atoms with Crippen LogP contribution in [0.25, 0.3) is 11.0 Å². The van der Waals surface area contributed by atoms with Crippen LogP contribution >= 0.6 is 11.3 Å². The third-order valence-electron chi connectivity index (χ3n) is 4.67. The number of carbonyl (C=O) groups is 2. The number of fused-ring (bicyclic) bond motifs is 1. The van der Waals surface area contributed by atoms with E-state index in [-0.39, 0.29) is 25.2 Å². The predicted octanol–water partition coefficient (Wildman–Crippen LogP) is 2.60. The van der Waals surface area contributed by atoms with Crippen LogP contribution in [0, 0.1) is 0 Å². The van der Waals surface area contributed by atoms with Crippen molar-refractivity contribution in [2.75, 3.05) is 13.2 Å². The van der Waals surface area contributed by atoms with Crippen LogP contribution in [0.3, 0.4) is 0 Å². The van der Waals surface area contributed by atoms with Crippen molar-refractivity contribution in [1.29, 1.82) is 0 Å². The third-order valence-corrected chi connectivity index (χ3v) is 5.87. The molecule has 2 amide bonds. The van der Waals surface area contributed by atoms with Gasteiger partial charge in [0, 0.05) is 11.4 Å². The van der Waals surface area contributed by atoms with Gasteiger partial charge in [-0.3, -0.25) is 9.59 Å². The molecule has 1 saturated heterocycles. The molecule has 8 heteroatoms. The van der Waals surface area contributed by atoms with Crippen LogP contribution in [0.1, 0.15) is 39.3 Å². The highest BCUT2D eigenvalue weighted by Gasteiger charge is 2.31. The van der Waals surface area contributed by atoms with Crippen molar-refractivity contribution in [2.24, 2.45) is 5.73 Å². The molecular weight excluding hydrogens is 364 g/mol. The summed E-state index contributed by atoms with van der Waals surface area (Å²) in [6.45, 7) is 0.951. The molecule has 27 heavy (non-hydrogen) atoms. The van der Waals surface area contributed by atoms with Gasteiger partial charge in [0.1, 0.15) is 19.0 Å². The van der Waals surface area contributed by atoms with E-state index in [1.165, 1.54) is 11.3 Å². The number of ether oxygens (including phenoxy) is 1. The number of benzene rings is 1. The normalized spacial score (nSPS) is 16.9. The van der Waals surface area contributed by atoms with Crippen LogP contribution in [-0.2, 0) is 16.1 Å². The number of rotatable bonds is 6. The Morgan fingerprint density at radius 1 is 1.30 bits per heavy atom. The highest BCUT2D eigenvalue weighted by molar-refractivity contribution is 7.14. The molecule has 3 N–H and O–H groups in total. The van der Waals surface area contributed by atoms with Gasteiger partial charge in [0.15, 0.2) is 0 Å². The molecule has 0 radical (unpaired) electrons. The highest BCUT2D eigenvalue weighted by atomic mass is 32.1. The number of hydrogen-bond acceptors (Lipinski definition) is 5. The number of para-hydroxylation sites is 2. The molecule has 4 rings (SSSR count). The Hall–Kier alpha value is -2.71. The maximum Gasteiger partial charge on any atom is 0.258 e. The minimum atomic E-state index is -0.434. The summed E-state index contributed by atoms with van der Waals surface area (Å²) in [4.78, 5) is 34.9. The number of nitrogens with one attached hydrogen (secondary N) is 1. The standard InChI is InChI=1S/C19H20N4O3S/c20-19(25)16-8-7-15(27-16)14-6-3-9-23(14)18(24)11-26-10-17-21-12-4-1-2-5-13(12)22-17/h1-2,4-5,7-8,14H,3,6,9-11H2,(H2,20,25)(H,21,22). The van der Waals surface area contributed by atoms with Gasteiger partial charge in [0.05, 0.1) is 22.0 Å². The lowest BCUT2D eigenvalue weighted by molar-refractivity contribution is -0.137. The zero-order valence-electron chi connectivity index (χ0n) is 14.7. The number of H-pyrrole nitrogens is 1. The second-order valence-electron chi connectivity index (χ2n) is 6.50. The highest BCUT2D eigenvalue weighted by Crippen LogP contribution is 2.35. The molecule has 1 unspecified atom stereocenters. The number of aromatic amines is 1. The number of imidazole rings is 1. The number of carbonyl (C=O) groups excluding carboxylic acids is 2. The molecule has 1 aliphatic rings. The van der Waals surface area contributed by atoms with Gasteiger partial charge in [-0.2, -0.15) is 0 Å². The van der Waals surface area contributed by atoms with Crippen molar-refractivity contribution >= 4 is 34.2 Å². The van der Waals surface area contributed by atoms with E-state index >= 15 is 0 Å². The average Bonchev–Trinajstić information content (AvgIpc) is 3.38. The van der Waals surface area contributed by atoms with Crippen molar-refractivity contribution in [3.8, 4) is 0 Å². The van der Waals surface area contributed by atoms with Crippen LogP contribution in [0.15, 0.2) is 36.4 Å². The van der Waals surface area contributed by atoms with Gasteiger partial charge in [-0.15, -0.1) is 11.3 Å². The van der Waals surface area contributed by atoms with Gasteiger partial charge >= 0.3 is 0 Å². The van der Waals surface area contributed by atoms with Gasteiger partial charge < -0.3 is 20.4 Å². The van der Waals surface area contributed by atoms with E-state index in [2.05, 4.69) is 9.97 Å². The van der Waals surface area contributed by atoms with Gasteiger partial charge in [0.25, 0.3) is 5.91 Å². The molecule has 0 bridgehead atoms. The first kappa shape index (κ1) is 17.7. The Balaban J connectivity index is 1.36. The Morgan fingerprint density at radius 3 is 2.93 bits per heavy atom. The van der Waals surface area contributed by atoms with Gasteiger partial charge in [-0.1, -0.05) is 12.1 Å². The fraction of sp³-hybridized carbons (Fsp3) is 0.316. The van der Waals surface area contributed by atoms with E-state index in [0.29, 0.717) is 17.2 Å². The molecule has 0 spiro atoms. The van der Waals surface area contributed by atoms with Crippen molar-refractivity contribution in [3.05, 3.63) is 52.0 Å². The molecule has 0 saturated carbocycles.